The SMILES string of the molecule is C=CC1CC([Si](C)(C)N2CCNCC2)C2C=CC=CC12. The number of nitrogens with one attached hydrogen (secondary N) is 1. The number of hydrogen-bond acceptors (Lipinski definition) is 2. The fourth-order valence-corrected chi connectivity index (χ4v) is 8.54. The minimum Gasteiger partial charge on any atom is -0.321 e. The van der Waals surface area contributed by atoms with E-state index in [4.69, 9.17) is 0 Å². The highest BCUT2D eigenvalue weighted by Crippen LogP contribution is 2.53. The molecular formula is C17H28N2Si. The minimum atomic E-state index is -1.38. The van der Waals surface area contributed by atoms with Crippen molar-refractivity contribution in [2.75, 3.05) is 26.2 Å². The highest BCUT2D eigenvalue weighted by atomic mass is 28.3. The summed E-state index contributed by atoms with van der Waals surface area (Å²) in [6.45, 7) is 14.1. The van der Waals surface area contributed by atoms with Crippen LogP contribution in [0.3, 0.4) is 0 Å². The third kappa shape index (κ3) is 2.36. The van der Waals surface area contributed by atoms with Gasteiger partial charge in [0.2, 0.25) is 0 Å². The third-order valence-electron chi connectivity index (χ3n) is 5.85. The molecule has 20 heavy (non-hydrogen) atoms. The van der Waals surface area contributed by atoms with Crippen LogP contribution in [0.25, 0.3) is 0 Å². The second-order valence-electron chi connectivity index (χ2n) is 7.06. The zero-order chi connectivity index (χ0) is 14.2. The average molecular weight is 289 g/mol. The Hall–Kier alpha value is -0.643. The molecule has 3 rings (SSSR count). The van der Waals surface area contributed by atoms with Crippen molar-refractivity contribution in [3.63, 3.8) is 0 Å². The molecule has 1 heterocycles. The summed E-state index contributed by atoms with van der Waals surface area (Å²) in [6.07, 6.45) is 13.0. The van der Waals surface area contributed by atoms with Crippen molar-refractivity contribution in [1.82, 2.24) is 9.88 Å². The summed E-state index contributed by atoms with van der Waals surface area (Å²) in [4.78, 5) is 0. The van der Waals surface area contributed by atoms with Crippen molar-refractivity contribution in [1.29, 1.82) is 0 Å². The molecule has 1 N–H and O–H groups in total. The summed E-state index contributed by atoms with van der Waals surface area (Å²) in [5.74, 6) is 2.14. The van der Waals surface area contributed by atoms with E-state index >= 15 is 0 Å². The summed E-state index contributed by atoms with van der Waals surface area (Å²) < 4.78 is 2.84. The van der Waals surface area contributed by atoms with Gasteiger partial charge in [-0.3, -0.25) is 0 Å². The number of nitrogens with zero attached hydrogens (tertiary/aromatic N) is 1. The molecule has 2 fully saturated rings. The fourth-order valence-electron chi connectivity index (χ4n) is 4.57. The van der Waals surface area contributed by atoms with E-state index in [1.165, 1.54) is 19.5 Å². The highest BCUT2D eigenvalue weighted by Gasteiger charge is 2.50. The van der Waals surface area contributed by atoms with Crippen molar-refractivity contribution in [2.45, 2.75) is 25.1 Å². The number of allylic oxidation sites excluding steroid dienone is 5. The van der Waals surface area contributed by atoms with Crippen molar-refractivity contribution < 1.29 is 0 Å². The van der Waals surface area contributed by atoms with E-state index in [-0.39, 0.29) is 0 Å². The minimum absolute atomic E-state index is 0.681. The van der Waals surface area contributed by atoms with Gasteiger partial charge in [-0.15, -0.1) is 6.58 Å². The topological polar surface area (TPSA) is 15.3 Å². The summed E-state index contributed by atoms with van der Waals surface area (Å²) >= 11 is 0. The van der Waals surface area contributed by atoms with Gasteiger partial charge in [-0.2, -0.15) is 0 Å². The summed E-state index contributed by atoms with van der Waals surface area (Å²) in [6, 6.07) is 0. The van der Waals surface area contributed by atoms with Crippen LogP contribution in [0.5, 0.6) is 0 Å². The van der Waals surface area contributed by atoms with Gasteiger partial charge in [-0.1, -0.05) is 43.5 Å². The molecule has 2 aliphatic carbocycles. The lowest BCUT2D eigenvalue weighted by Gasteiger charge is -2.45. The molecule has 4 atom stereocenters. The van der Waals surface area contributed by atoms with Gasteiger partial charge in [-0.25, -0.2) is 0 Å². The van der Waals surface area contributed by atoms with E-state index in [1.54, 1.807) is 0 Å². The van der Waals surface area contributed by atoms with E-state index < -0.39 is 8.24 Å². The van der Waals surface area contributed by atoms with Gasteiger partial charge < -0.3 is 9.88 Å². The van der Waals surface area contributed by atoms with Gasteiger partial charge >= 0.3 is 0 Å². The zero-order valence-electron chi connectivity index (χ0n) is 12.9. The maximum absolute atomic E-state index is 4.10. The number of hydrogen-bond donors (Lipinski definition) is 1. The monoisotopic (exact) mass is 288 g/mol. The number of fused-ring (bicyclic) bond motifs is 1. The molecule has 110 valence electrons. The van der Waals surface area contributed by atoms with E-state index in [2.05, 4.69) is 59.9 Å². The van der Waals surface area contributed by atoms with Crippen LogP contribution in [0.1, 0.15) is 6.42 Å². The Morgan fingerprint density at radius 1 is 1.15 bits per heavy atom. The maximum Gasteiger partial charge on any atom is 0.126 e. The molecule has 2 nitrogen and oxygen atoms in total. The zero-order valence-corrected chi connectivity index (χ0v) is 13.9. The van der Waals surface area contributed by atoms with Crippen LogP contribution in [-0.4, -0.2) is 39.0 Å². The lowest BCUT2D eigenvalue weighted by atomic mass is 9.86. The van der Waals surface area contributed by atoms with Crippen LogP contribution in [0.4, 0.5) is 0 Å². The molecule has 0 radical (unpaired) electrons. The Morgan fingerprint density at radius 3 is 2.45 bits per heavy atom. The molecular weight excluding hydrogens is 260 g/mol. The first-order valence-corrected chi connectivity index (χ1v) is 11.1. The molecule has 1 saturated heterocycles. The van der Waals surface area contributed by atoms with E-state index in [1.807, 2.05) is 0 Å². The Kier molecular flexibility index (Phi) is 4.02. The molecule has 1 saturated carbocycles. The molecule has 0 aromatic heterocycles. The standard InChI is InChI=1S/C17H28N2Si/c1-4-14-13-17(16-8-6-5-7-15(14)16)20(2,3)19-11-9-18-10-12-19/h4-8,14-18H,1,9-13H2,2-3H3. The largest absolute Gasteiger partial charge is 0.321 e. The fraction of sp³-hybridized carbons (Fsp3) is 0.647. The lowest BCUT2D eigenvalue weighted by molar-refractivity contribution is 0.346. The number of piperazine rings is 1. The molecule has 1 aliphatic heterocycles. The lowest BCUT2D eigenvalue weighted by Crippen LogP contribution is -2.59. The average Bonchev–Trinajstić information content (AvgIpc) is 2.88. The van der Waals surface area contributed by atoms with Crippen LogP contribution < -0.4 is 5.32 Å². The quantitative estimate of drug-likeness (QED) is 0.634. The van der Waals surface area contributed by atoms with Crippen LogP contribution in [0.2, 0.25) is 18.6 Å². The summed E-state index contributed by atoms with van der Waals surface area (Å²) in [7, 11) is -1.38. The predicted molar refractivity (Wildman–Crippen MR) is 89.2 cm³/mol. The summed E-state index contributed by atoms with van der Waals surface area (Å²) in [5.41, 5.74) is 0.870. The van der Waals surface area contributed by atoms with Gasteiger partial charge in [0.05, 0.1) is 0 Å². The third-order valence-corrected chi connectivity index (χ3v) is 10.4. The van der Waals surface area contributed by atoms with Crippen molar-refractivity contribution in [3.8, 4) is 0 Å². The predicted octanol–water partition coefficient (Wildman–Crippen LogP) is 3.03. The molecule has 0 aromatic rings. The highest BCUT2D eigenvalue weighted by molar-refractivity contribution is 6.76. The summed E-state index contributed by atoms with van der Waals surface area (Å²) in [5, 5.41) is 3.49. The Balaban J connectivity index is 1.83. The van der Waals surface area contributed by atoms with Crippen LogP contribution in [0, 0.1) is 17.8 Å². The van der Waals surface area contributed by atoms with Crippen molar-refractivity contribution in [3.05, 3.63) is 37.0 Å². The van der Waals surface area contributed by atoms with Gasteiger partial charge in [0.25, 0.3) is 0 Å². The van der Waals surface area contributed by atoms with Crippen molar-refractivity contribution >= 4 is 8.24 Å². The molecule has 0 aromatic carbocycles. The first kappa shape index (κ1) is 14.3. The van der Waals surface area contributed by atoms with E-state index in [0.717, 1.165) is 24.5 Å². The molecule has 0 amide bonds. The van der Waals surface area contributed by atoms with Crippen LogP contribution in [-0.2, 0) is 0 Å². The smallest absolute Gasteiger partial charge is 0.126 e. The van der Waals surface area contributed by atoms with Gasteiger partial charge in [0.15, 0.2) is 0 Å². The Bertz CT molecular complexity index is 421. The number of rotatable bonds is 3. The Labute approximate surface area is 124 Å². The van der Waals surface area contributed by atoms with Gasteiger partial charge in [0, 0.05) is 26.2 Å². The molecule has 3 heteroatoms. The second kappa shape index (κ2) is 5.62. The van der Waals surface area contributed by atoms with Gasteiger partial charge in [-0.05, 0) is 29.7 Å². The Morgan fingerprint density at radius 2 is 1.80 bits per heavy atom. The molecule has 3 aliphatic rings. The normalized spacial score (nSPS) is 37.9. The van der Waals surface area contributed by atoms with Gasteiger partial charge in [0.1, 0.15) is 8.24 Å². The van der Waals surface area contributed by atoms with Crippen molar-refractivity contribution in [2.24, 2.45) is 17.8 Å². The van der Waals surface area contributed by atoms with E-state index in [0.29, 0.717) is 11.8 Å². The second-order valence-corrected chi connectivity index (χ2v) is 11.7. The maximum atomic E-state index is 4.10. The van der Waals surface area contributed by atoms with Crippen LogP contribution >= 0.6 is 0 Å². The van der Waals surface area contributed by atoms with Crippen LogP contribution in [0.15, 0.2) is 37.0 Å². The van der Waals surface area contributed by atoms with E-state index in [9.17, 15) is 0 Å². The molecule has 0 bridgehead atoms. The molecule has 4 unspecified atom stereocenters. The molecule has 0 spiro atoms. The first-order valence-electron chi connectivity index (χ1n) is 8.08. The first-order chi connectivity index (χ1) is 9.64.